The van der Waals surface area contributed by atoms with Gasteiger partial charge in [0.05, 0.1) is 16.7 Å². The Morgan fingerprint density at radius 3 is 2.80 bits per heavy atom. The van der Waals surface area contributed by atoms with E-state index < -0.39 is 19.9 Å². The van der Waals surface area contributed by atoms with Gasteiger partial charge in [-0.1, -0.05) is 29.8 Å². The van der Waals surface area contributed by atoms with Crippen molar-refractivity contribution in [2.45, 2.75) is 6.88 Å². The number of hydrogen-bond donors (Lipinski definition) is 0. The van der Waals surface area contributed by atoms with Crippen LogP contribution in [-0.2, 0) is 4.74 Å². The average Bonchev–Trinajstić information content (AvgIpc) is 2.35. The molecule has 0 amide bonds. The third-order valence-corrected chi connectivity index (χ3v) is 2.19. The second-order valence-electron chi connectivity index (χ2n) is 3.21. The summed E-state index contributed by atoms with van der Waals surface area (Å²) in [5.41, 5.74) is 0.699. The third-order valence-electron chi connectivity index (χ3n) is 2.19. The average molecular weight is 205 g/mol. The van der Waals surface area contributed by atoms with E-state index in [1.807, 2.05) is 0 Å². The first-order valence-corrected chi connectivity index (χ1v) is 4.38. The molecule has 0 aliphatic heterocycles. The van der Waals surface area contributed by atoms with Gasteiger partial charge in [0.2, 0.25) is 0 Å². The van der Waals surface area contributed by atoms with Crippen LogP contribution in [0, 0.1) is 6.88 Å². The lowest BCUT2D eigenvalue weighted by Crippen LogP contribution is -2.00. The highest BCUT2D eigenvalue weighted by atomic mass is 16.5. The molecule has 0 aliphatic rings. The molecule has 0 atom stereocenters. The van der Waals surface area contributed by atoms with Crippen LogP contribution in [0.25, 0.3) is 10.8 Å². The second-order valence-corrected chi connectivity index (χ2v) is 3.21. The van der Waals surface area contributed by atoms with Crippen molar-refractivity contribution in [3.05, 3.63) is 47.5 Å². The zero-order chi connectivity index (χ0) is 14.9. The number of carbonyl (C=O) groups is 1. The van der Waals surface area contributed by atoms with Crippen molar-refractivity contribution in [2.75, 3.05) is 7.04 Å². The van der Waals surface area contributed by atoms with Gasteiger partial charge in [-0.15, -0.1) is 0 Å². The van der Waals surface area contributed by atoms with Crippen molar-refractivity contribution in [1.29, 1.82) is 0 Å². The fourth-order valence-corrected chi connectivity index (χ4v) is 1.45. The van der Waals surface area contributed by atoms with Gasteiger partial charge in [-0.3, -0.25) is 0 Å². The first-order valence-electron chi connectivity index (χ1n) is 7.03. The van der Waals surface area contributed by atoms with E-state index in [2.05, 4.69) is 4.74 Å². The first kappa shape index (κ1) is 5.31. The van der Waals surface area contributed by atoms with E-state index in [9.17, 15) is 4.79 Å². The van der Waals surface area contributed by atoms with Crippen molar-refractivity contribution in [2.24, 2.45) is 0 Å². The molecule has 0 N–H and O–H groups in total. The lowest BCUT2D eigenvalue weighted by Gasteiger charge is -2.02. The minimum absolute atomic E-state index is 0.148. The Morgan fingerprint density at radius 2 is 2.00 bits per heavy atom. The number of aryl methyl sites for hydroxylation is 1. The van der Waals surface area contributed by atoms with E-state index in [1.165, 1.54) is 12.1 Å². The molecule has 15 heavy (non-hydrogen) atoms. The molecule has 2 aromatic carbocycles. The van der Waals surface area contributed by atoms with Gasteiger partial charge in [0.15, 0.2) is 0 Å². The Morgan fingerprint density at radius 1 is 1.20 bits per heavy atom. The smallest absolute Gasteiger partial charge is 0.337 e. The highest BCUT2D eigenvalue weighted by Crippen LogP contribution is 2.17. The lowest BCUT2D eigenvalue weighted by atomic mass is 10.0. The number of esters is 1. The van der Waals surface area contributed by atoms with E-state index in [1.54, 1.807) is 24.3 Å². The molecule has 2 heteroatoms. The molecule has 0 fully saturated rings. The maximum atomic E-state index is 11.6. The number of fused-ring (bicyclic) bond motifs is 1. The van der Waals surface area contributed by atoms with Gasteiger partial charge in [0.1, 0.15) is 0 Å². The topological polar surface area (TPSA) is 26.3 Å². The normalized spacial score (nSPS) is 16.2. The largest absolute Gasteiger partial charge is 0.465 e. The van der Waals surface area contributed by atoms with E-state index in [0.29, 0.717) is 5.56 Å². The standard InChI is InChI=1S/C13H12O2/c1-9-3-4-11-8-12(13(14)15-2)6-5-10(11)7-9/h3-8H,1-2H3/i1D2,2D3. The van der Waals surface area contributed by atoms with Gasteiger partial charge >= 0.3 is 5.97 Å². The van der Waals surface area contributed by atoms with Crippen LogP contribution in [-0.4, -0.2) is 13.0 Å². The number of hydrogen-bond acceptors (Lipinski definition) is 2. The van der Waals surface area contributed by atoms with Crippen LogP contribution in [0.5, 0.6) is 0 Å². The van der Waals surface area contributed by atoms with E-state index in [4.69, 9.17) is 6.85 Å². The highest BCUT2D eigenvalue weighted by Gasteiger charge is 2.05. The number of methoxy groups -OCH3 is 1. The molecule has 0 radical (unpaired) electrons. The molecule has 76 valence electrons. The summed E-state index contributed by atoms with van der Waals surface area (Å²) in [6.45, 7) is -1.07. The SMILES string of the molecule is [2H]C([2H])c1ccc2cc(C(=O)OC([2H])([2H])[2H])ccc2c1. The quantitative estimate of drug-likeness (QED) is 0.669. The Balaban J connectivity index is 2.35. The fraction of sp³-hybridized carbons (Fsp3) is 0.154. The summed E-state index contributed by atoms with van der Waals surface area (Å²) >= 11 is 0. The number of ether oxygens (including phenoxy) is 1. The molecule has 0 spiro atoms. The third kappa shape index (κ3) is 1.84. The molecule has 2 nitrogen and oxygen atoms in total. The molecule has 2 aromatic rings. The summed E-state index contributed by atoms with van der Waals surface area (Å²) < 4.78 is 39.7. The van der Waals surface area contributed by atoms with E-state index in [0.717, 1.165) is 10.8 Å². The van der Waals surface area contributed by atoms with Crippen molar-refractivity contribution in [1.82, 2.24) is 0 Å². The van der Waals surface area contributed by atoms with E-state index in [-0.39, 0.29) is 5.56 Å². The van der Waals surface area contributed by atoms with Gasteiger partial charge < -0.3 is 4.74 Å². The molecular weight excluding hydrogens is 188 g/mol. The fourth-order valence-electron chi connectivity index (χ4n) is 1.45. The maximum absolute atomic E-state index is 11.6. The van der Waals surface area contributed by atoms with Crippen LogP contribution >= 0.6 is 0 Å². The highest BCUT2D eigenvalue weighted by molar-refractivity contribution is 5.95. The zero-order valence-electron chi connectivity index (χ0n) is 12.9. The summed E-state index contributed by atoms with van der Waals surface area (Å²) in [4.78, 5) is 11.6. The molecule has 0 aromatic heterocycles. The van der Waals surface area contributed by atoms with Crippen molar-refractivity contribution >= 4 is 16.7 Å². The van der Waals surface area contributed by atoms with Crippen molar-refractivity contribution in [3.8, 4) is 0 Å². The van der Waals surface area contributed by atoms with Crippen LogP contribution in [0.15, 0.2) is 36.4 Å². The monoisotopic (exact) mass is 205 g/mol. The molecule has 0 saturated heterocycles. The Labute approximate surface area is 95.5 Å². The number of benzene rings is 2. The summed E-state index contributed by atoms with van der Waals surface area (Å²) in [5.74, 6) is -0.908. The summed E-state index contributed by atoms with van der Waals surface area (Å²) in [5, 5.41) is 1.49. The summed E-state index contributed by atoms with van der Waals surface area (Å²) in [6, 6.07) is 9.63. The summed E-state index contributed by atoms with van der Waals surface area (Å²) in [7, 11) is -2.76. The molecular formula is C13H12O2. The predicted octanol–water partition coefficient (Wildman–Crippen LogP) is 2.93. The van der Waals surface area contributed by atoms with Crippen LogP contribution in [0.4, 0.5) is 0 Å². The predicted molar refractivity (Wildman–Crippen MR) is 60.0 cm³/mol. The molecule has 0 bridgehead atoms. The van der Waals surface area contributed by atoms with Gasteiger partial charge in [-0.2, -0.15) is 0 Å². The van der Waals surface area contributed by atoms with Crippen molar-refractivity contribution in [3.63, 3.8) is 0 Å². The molecule has 0 aliphatic carbocycles. The van der Waals surface area contributed by atoms with Gasteiger partial charge in [0.25, 0.3) is 0 Å². The van der Waals surface area contributed by atoms with Gasteiger partial charge in [-0.25, -0.2) is 4.79 Å². The maximum Gasteiger partial charge on any atom is 0.337 e. The minimum atomic E-state index is -2.76. The van der Waals surface area contributed by atoms with Crippen LogP contribution < -0.4 is 0 Å². The van der Waals surface area contributed by atoms with E-state index >= 15 is 0 Å². The number of rotatable bonds is 1. The molecule has 0 heterocycles. The summed E-state index contributed by atoms with van der Waals surface area (Å²) in [6.07, 6.45) is 0. The van der Waals surface area contributed by atoms with Gasteiger partial charge in [0, 0.05) is 2.74 Å². The Hall–Kier alpha value is -1.83. The first-order chi connectivity index (χ1) is 9.26. The number of carbonyl (C=O) groups excluding carboxylic acids is 1. The van der Waals surface area contributed by atoms with Crippen LogP contribution in [0.1, 0.15) is 22.8 Å². The van der Waals surface area contributed by atoms with Crippen molar-refractivity contribution < 1.29 is 16.4 Å². The van der Waals surface area contributed by atoms with Crippen LogP contribution in [0.3, 0.4) is 0 Å². The molecule has 0 unspecified atom stereocenters. The minimum Gasteiger partial charge on any atom is -0.465 e. The Kier molecular flexibility index (Phi) is 1.32. The van der Waals surface area contributed by atoms with Gasteiger partial charge in [-0.05, 0) is 29.8 Å². The molecule has 0 saturated carbocycles. The lowest BCUT2D eigenvalue weighted by molar-refractivity contribution is 0.0601. The molecule has 2 rings (SSSR count). The van der Waals surface area contributed by atoms with Crippen LogP contribution in [0.2, 0.25) is 0 Å². The Bertz CT molecular complexity index is 649. The zero-order valence-corrected chi connectivity index (χ0v) is 7.86. The second kappa shape index (κ2) is 3.73.